The molecule has 90 valence electrons. The molecule has 0 saturated carbocycles. The second kappa shape index (κ2) is 4.28. The fourth-order valence-corrected chi connectivity index (χ4v) is 2.51. The number of halogens is 1. The molecule has 0 unspecified atom stereocenters. The van der Waals surface area contributed by atoms with Crippen molar-refractivity contribution in [2.24, 2.45) is 0 Å². The number of benzene rings is 2. The third kappa shape index (κ3) is 1.77. The van der Waals surface area contributed by atoms with Crippen molar-refractivity contribution in [2.45, 2.75) is 6.54 Å². The maximum atomic E-state index is 12.2. The van der Waals surface area contributed by atoms with Crippen LogP contribution in [0.15, 0.2) is 42.5 Å². The summed E-state index contributed by atoms with van der Waals surface area (Å²) < 4.78 is 1.13. The predicted molar refractivity (Wildman–Crippen MR) is 77.8 cm³/mol. The number of hydrogen-bond donors (Lipinski definition) is 1. The fraction of sp³-hybridized carbons (Fsp3) is 0.0714. The Kier molecular flexibility index (Phi) is 2.74. The van der Waals surface area contributed by atoms with Gasteiger partial charge in [-0.2, -0.15) is 0 Å². The van der Waals surface area contributed by atoms with E-state index < -0.39 is 0 Å². The molecular formula is C14H10INO2. The normalized spacial score (nSPS) is 13.8. The van der Waals surface area contributed by atoms with Crippen LogP contribution in [0.2, 0.25) is 0 Å². The number of nitrogens with zero attached hydrogens (tertiary/aromatic N) is 1. The lowest BCUT2D eigenvalue weighted by Gasteiger charge is -2.15. The van der Waals surface area contributed by atoms with E-state index in [0.717, 1.165) is 9.26 Å². The van der Waals surface area contributed by atoms with Crippen molar-refractivity contribution in [1.29, 1.82) is 0 Å². The largest absolute Gasteiger partial charge is 0.508 e. The van der Waals surface area contributed by atoms with Crippen molar-refractivity contribution < 1.29 is 9.90 Å². The average Bonchev–Trinajstić information content (AvgIpc) is 2.70. The van der Waals surface area contributed by atoms with E-state index in [4.69, 9.17) is 0 Å². The van der Waals surface area contributed by atoms with Crippen molar-refractivity contribution in [3.63, 3.8) is 0 Å². The van der Waals surface area contributed by atoms with Crippen LogP contribution in [-0.4, -0.2) is 11.0 Å². The van der Waals surface area contributed by atoms with Crippen LogP contribution in [-0.2, 0) is 6.54 Å². The van der Waals surface area contributed by atoms with Gasteiger partial charge in [0, 0.05) is 20.4 Å². The summed E-state index contributed by atoms with van der Waals surface area (Å²) in [5.74, 6) is 0.135. The molecule has 3 nitrogen and oxygen atoms in total. The molecule has 1 aliphatic rings. The van der Waals surface area contributed by atoms with Crippen LogP contribution in [0.1, 0.15) is 15.9 Å². The maximum absolute atomic E-state index is 12.2. The Morgan fingerprint density at radius 1 is 1.11 bits per heavy atom. The zero-order valence-corrected chi connectivity index (χ0v) is 11.6. The van der Waals surface area contributed by atoms with E-state index in [1.54, 1.807) is 23.1 Å². The molecule has 2 aromatic rings. The fourth-order valence-electron chi connectivity index (χ4n) is 2.15. The van der Waals surface area contributed by atoms with Gasteiger partial charge in [0.25, 0.3) is 5.91 Å². The molecule has 0 fully saturated rings. The van der Waals surface area contributed by atoms with Gasteiger partial charge in [0.1, 0.15) is 5.75 Å². The Balaban J connectivity index is 2.02. The van der Waals surface area contributed by atoms with Gasteiger partial charge in [-0.05, 0) is 59.0 Å². The minimum atomic E-state index is -0.0536. The summed E-state index contributed by atoms with van der Waals surface area (Å²) in [6.45, 7) is 0.432. The summed E-state index contributed by atoms with van der Waals surface area (Å²) in [4.78, 5) is 13.9. The summed E-state index contributed by atoms with van der Waals surface area (Å²) in [6.07, 6.45) is 0. The highest BCUT2D eigenvalue weighted by Crippen LogP contribution is 2.33. The zero-order chi connectivity index (χ0) is 12.7. The first-order chi connectivity index (χ1) is 8.66. The number of carbonyl (C=O) groups is 1. The summed E-state index contributed by atoms with van der Waals surface area (Å²) in [5.41, 5.74) is 2.16. The van der Waals surface area contributed by atoms with Gasteiger partial charge in [0.05, 0.1) is 6.54 Å². The number of hydrogen-bond acceptors (Lipinski definition) is 2. The molecule has 1 aliphatic heterocycles. The maximum Gasteiger partial charge on any atom is 0.259 e. The van der Waals surface area contributed by atoms with Crippen LogP contribution in [0.25, 0.3) is 0 Å². The molecule has 1 heterocycles. The van der Waals surface area contributed by atoms with Gasteiger partial charge in [0.2, 0.25) is 0 Å². The molecule has 3 rings (SSSR count). The molecule has 0 atom stereocenters. The second-order valence-corrected chi connectivity index (χ2v) is 5.42. The molecule has 1 amide bonds. The van der Waals surface area contributed by atoms with Crippen molar-refractivity contribution >= 4 is 34.2 Å². The van der Waals surface area contributed by atoms with Gasteiger partial charge in [-0.15, -0.1) is 0 Å². The molecule has 2 aromatic carbocycles. The third-order valence-corrected chi connectivity index (χ3v) is 3.80. The molecular weight excluding hydrogens is 341 g/mol. The SMILES string of the molecule is O=C1c2cccc(O)c2CN1c1ccc(I)cc1. The quantitative estimate of drug-likeness (QED) is 0.802. The highest BCUT2D eigenvalue weighted by Gasteiger charge is 2.30. The lowest BCUT2D eigenvalue weighted by Crippen LogP contribution is -2.22. The van der Waals surface area contributed by atoms with Crippen LogP contribution in [0, 0.1) is 3.57 Å². The number of carbonyl (C=O) groups excluding carboxylic acids is 1. The number of amides is 1. The van der Waals surface area contributed by atoms with Gasteiger partial charge in [0.15, 0.2) is 0 Å². The van der Waals surface area contributed by atoms with Crippen LogP contribution >= 0.6 is 22.6 Å². The number of fused-ring (bicyclic) bond motifs is 1. The minimum absolute atomic E-state index is 0.0536. The Labute approximate surface area is 118 Å². The van der Waals surface area contributed by atoms with Gasteiger partial charge in [-0.1, -0.05) is 6.07 Å². The molecule has 4 heteroatoms. The Bertz CT molecular complexity index is 622. The van der Waals surface area contributed by atoms with Crippen molar-refractivity contribution in [3.8, 4) is 5.75 Å². The van der Waals surface area contributed by atoms with Crippen molar-refractivity contribution in [1.82, 2.24) is 0 Å². The highest BCUT2D eigenvalue weighted by molar-refractivity contribution is 14.1. The third-order valence-electron chi connectivity index (χ3n) is 3.08. The van der Waals surface area contributed by atoms with Gasteiger partial charge in [-0.3, -0.25) is 4.79 Å². The van der Waals surface area contributed by atoms with E-state index >= 15 is 0 Å². The summed E-state index contributed by atoms with van der Waals surface area (Å²) in [6, 6.07) is 12.8. The van der Waals surface area contributed by atoms with Gasteiger partial charge < -0.3 is 10.0 Å². The van der Waals surface area contributed by atoms with E-state index in [0.29, 0.717) is 17.7 Å². The Morgan fingerprint density at radius 2 is 1.83 bits per heavy atom. The van der Waals surface area contributed by atoms with E-state index in [2.05, 4.69) is 22.6 Å². The highest BCUT2D eigenvalue weighted by atomic mass is 127. The second-order valence-electron chi connectivity index (χ2n) is 4.17. The van der Waals surface area contributed by atoms with Gasteiger partial charge in [-0.25, -0.2) is 0 Å². The van der Waals surface area contributed by atoms with E-state index in [9.17, 15) is 9.90 Å². The topological polar surface area (TPSA) is 40.5 Å². The van der Waals surface area contributed by atoms with Crippen molar-refractivity contribution in [2.75, 3.05) is 4.90 Å². The standard InChI is InChI=1S/C14H10INO2/c15-9-4-6-10(7-5-9)16-8-12-11(14(16)18)2-1-3-13(12)17/h1-7,17H,8H2. The molecule has 0 radical (unpaired) electrons. The van der Waals surface area contributed by atoms with E-state index in [-0.39, 0.29) is 11.7 Å². The summed E-state index contributed by atoms with van der Waals surface area (Å²) >= 11 is 2.23. The predicted octanol–water partition coefficient (Wildman–Crippen LogP) is 3.16. The summed E-state index contributed by atoms with van der Waals surface area (Å²) in [5, 5.41) is 9.78. The first-order valence-electron chi connectivity index (χ1n) is 5.55. The monoisotopic (exact) mass is 351 g/mol. The molecule has 0 saturated heterocycles. The smallest absolute Gasteiger partial charge is 0.259 e. The van der Waals surface area contributed by atoms with E-state index in [1.165, 1.54) is 0 Å². The van der Waals surface area contributed by atoms with Crippen LogP contribution < -0.4 is 4.90 Å². The number of rotatable bonds is 1. The zero-order valence-electron chi connectivity index (χ0n) is 9.43. The Hall–Kier alpha value is -1.56. The Morgan fingerprint density at radius 3 is 2.50 bits per heavy atom. The van der Waals surface area contributed by atoms with E-state index in [1.807, 2.05) is 24.3 Å². The molecule has 0 spiro atoms. The van der Waals surface area contributed by atoms with Crippen LogP contribution in [0.5, 0.6) is 5.75 Å². The summed E-state index contributed by atoms with van der Waals surface area (Å²) in [7, 11) is 0. The molecule has 18 heavy (non-hydrogen) atoms. The number of phenols is 1. The van der Waals surface area contributed by atoms with Crippen molar-refractivity contribution in [3.05, 3.63) is 57.2 Å². The number of anilines is 1. The molecule has 0 bridgehead atoms. The first kappa shape index (κ1) is 11.5. The number of phenolic OH excluding ortho intramolecular Hbond substituents is 1. The molecule has 0 aromatic heterocycles. The first-order valence-corrected chi connectivity index (χ1v) is 6.63. The molecule has 0 aliphatic carbocycles. The minimum Gasteiger partial charge on any atom is -0.508 e. The number of aromatic hydroxyl groups is 1. The van der Waals surface area contributed by atoms with Gasteiger partial charge >= 0.3 is 0 Å². The average molecular weight is 351 g/mol. The lowest BCUT2D eigenvalue weighted by atomic mass is 10.1. The van der Waals surface area contributed by atoms with Crippen LogP contribution in [0.3, 0.4) is 0 Å². The molecule has 1 N–H and O–H groups in total. The van der Waals surface area contributed by atoms with Crippen LogP contribution in [0.4, 0.5) is 5.69 Å². The lowest BCUT2D eigenvalue weighted by molar-refractivity contribution is 0.0996.